The van der Waals surface area contributed by atoms with Crippen LogP contribution in [0.4, 0.5) is 22.4 Å². The Morgan fingerprint density at radius 2 is 2.05 bits per heavy atom. The van der Waals surface area contributed by atoms with Crippen LogP contribution in [-0.2, 0) is 4.74 Å². The van der Waals surface area contributed by atoms with Crippen molar-refractivity contribution in [3.05, 3.63) is 6.07 Å². The third-order valence-corrected chi connectivity index (χ3v) is 3.22. The number of nitrogen functional groups attached to an aromatic ring is 1. The molecular weight excluding hydrogens is 272 g/mol. The summed E-state index contributed by atoms with van der Waals surface area (Å²) < 4.78 is 5.01. The minimum absolute atomic E-state index is 0.247. The number of nitrogens with zero attached hydrogens (tertiary/aromatic N) is 4. The molecule has 1 aromatic heterocycles. The van der Waals surface area contributed by atoms with Crippen LogP contribution in [0.2, 0.25) is 0 Å². The van der Waals surface area contributed by atoms with E-state index < -0.39 is 0 Å². The van der Waals surface area contributed by atoms with Crippen LogP contribution >= 0.6 is 0 Å². The predicted octanol–water partition coefficient (Wildman–Crippen LogP) is 0.769. The van der Waals surface area contributed by atoms with Crippen molar-refractivity contribution in [3.63, 3.8) is 0 Å². The van der Waals surface area contributed by atoms with Crippen molar-refractivity contribution < 1.29 is 9.53 Å². The van der Waals surface area contributed by atoms with Gasteiger partial charge in [-0.15, -0.1) is 0 Å². The molecule has 116 valence electrons. The number of amides is 1. The Hall–Kier alpha value is -2.25. The van der Waals surface area contributed by atoms with E-state index in [1.807, 2.05) is 13.0 Å². The molecule has 0 atom stereocenters. The van der Waals surface area contributed by atoms with Gasteiger partial charge in [-0.05, 0) is 13.8 Å². The van der Waals surface area contributed by atoms with E-state index in [-0.39, 0.29) is 12.0 Å². The van der Waals surface area contributed by atoms with Crippen molar-refractivity contribution in [1.29, 1.82) is 0 Å². The number of anilines is 3. The lowest BCUT2D eigenvalue weighted by molar-refractivity contribution is 0.105. The maximum absolute atomic E-state index is 11.7. The van der Waals surface area contributed by atoms with Crippen molar-refractivity contribution in [3.8, 4) is 0 Å². The highest BCUT2D eigenvalue weighted by atomic mass is 16.6. The van der Waals surface area contributed by atoms with Crippen molar-refractivity contribution in [1.82, 2.24) is 14.9 Å². The van der Waals surface area contributed by atoms with Crippen LogP contribution < -0.4 is 16.0 Å². The quantitative estimate of drug-likeness (QED) is 0.846. The molecule has 0 bridgehead atoms. The molecule has 0 aromatic carbocycles. The van der Waals surface area contributed by atoms with E-state index in [4.69, 9.17) is 10.5 Å². The van der Waals surface area contributed by atoms with Crippen LogP contribution in [0.5, 0.6) is 0 Å². The summed E-state index contributed by atoms with van der Waals surface area (Å²) in [6.45, 7) is 7.58. The second-order valence-corrected chi connectivity index (χ2v) is 4.67. The zero-order valence-corrected chi connectivity index (χ0v) is 12.5. The second-order valence-electron chi connectivity index (χ2n) is 4.67. The molecule has 0 aliphatic carbocycles. The number of hydrogen-bond acceptors (Lipinski definition) is 7. The molecule has 3 N–H and O–H groups in total. The van der Waals surface area contributed by atoms with Gasteiger partial charge in [-0.2, -0.15) is 9.97 Å². The Balaban J connectivity index is 2.00. The summed E-state index contributed by atoms with van der Waals surface area (Å²) in [6.07, 6.45) is -0.257. The minimum Gasteiger partial charge on any atom is -0.450 e. The molecule has 1 aliphatic rings. The minimum atomic E-state index is -0.257. The van der Waals surface area contributed by atoms with E-state index in [1.165, 1.54) is 0 Å². The SMILES string of the molecule is CCNc1cc(N2CCN(C(=O)OCC)CC2)nc(N)n1. The first-order chi connectivity index (χ1) is 10.1. The van der Waals surface area contributed by atoms with Gasteiger partial charge in [-0.1, -0.05) is 0 Å². The molecule has 1 amide bonds. The third kappa shape index (κ3) is 3.87. The molecule has 1 fully saturated rings. The van der Waals surface area contributed by atoms with Crippen molar-refractivity contribution in [2.75, 3.05) is 55.3 Å². The van der Waals surface area contributed by atoms with E-state index in [9.17, 15) is 4.79 Å². The molecule has 2 rings (SSSR count). The highest BCUT2D eigenvalue weighted by Gasteiger charge is 2.23. The van der Waals surface area contributed by atoms with Gasteiger partial charge in [0.1, 0.15) is 11.6 Å². The molecular formula is C13H22N6O2. The topological polar surface area (TPSA) is 96.6 Å². The monoisotopic (exact) mass is 294 g/mol. The lowest BCUT2D eigenvalue weighted by atomic mass is 10.3. The number of carbonyl (C=O) groups excluding carboxylic acids is 1. The van der Waals surface area contributed by atoms with Crippen LogP contribution in [0.25, 0.3) is 0 Å². The van der Waals surface area contributed by atoms with Gasteiger partial charge in [0.25, 0.3) is 0 Å². The molecule has 21 heavy (non-hydrogen) atoms. The van der Waals surface area contributed by atoms with Crippen molar-refractivity contribution in [2.45, 2.75) is 13.8 Å². The Morgan fingerprint density at radius 3 is 2.67 bits per heavy atom. The van der Waals surface area contributed by atoms with Gasteiger partial charge in [0.2, 0.25) is 5.95 Å². The summed E-state index contributed by atoms with van der Waals surface area (Å²) in [5.74, 6) is 1.74. The maximum Gasteiger partial charge on any atom is 0.409 e. The van der Waals surface area contributed by atoms with Crippen LogP contribution in [0.15, 0.2) is 6.07 Å². The summed E-state index contributed by atoms with van der Waals surface area (Å²) in [4.78, 5) is 23.9. The number of nitrogens with one attached hydrogen (secondary N) is 1. The van der Waals surface area contributed by atoms with E-state index >= 15 is 0 Å². The summed E-state index contributed by atoms with van der Waals surface area (Å²) in [6, 6.07) is 1.87. The van der Waals surface area contributed by atoms with E-state index in [1.54, 1.807) is 11.8 Å². The smallest absolute Gasteiger partial charge is 0.409 e. The number of aromatic nitrogens is 2. The first-order valence-electron chi connectivity index (χ1n) is 7.19. The van der Waals surface area contributed by atoms with Gasteiger partial charge in [0.05, 0.1) is 6.61 Å². The first-order valence-corrected chi connectivity index (χ1v) is 7.19. The predicted molar refractivity (Wildman–Crippen MR) is 81.4 cm³/mol. The van der Waals surface area contributed by atoms with Gasteiger partial charge in [-0.3, -0.25) is 0 Å². The average Bonchev–Trinajstić information content (AvgIpc) is 2.47. The molecule has 1 aliphatic heterocycles. The van der Waals surface area contributed by atoms with E-state index in [0.717, 1.165) is 12.4 Å². The molecule has 8 nitrogen and oxygen atoms in total. The highest BCUT2D eigenvalue weighted by molar-refractivity contribution is 5.68. The van der Waals surface area contributed by atoms with Gasteiger partial charge in [-0.25, -0.2) is 4.79 Å². The number of hydrogen-bond donors (Lipinski definition) is 2. The summed E-state index contributed by atoms with van der Waals surface area (Å²) in [5, 5.41) is 3.13. The normalized spacial score (nSPS) is 15.0. The van der Waals surface area contributed by atoms with Crippen LogP contribution in [0.1, 0.15) is 13.8 Å². The fourth-order valence-electron chi connectivity index (χ4n) is 2.22. The molecule has 0 unspecified atom stereocenters. The maximum atomic E-state index is 11.7. The Kier molecular flexibility index (Phi) is 5.02. The number of ether oxygens (including phenoxy) is 1. The molecule has 0 saturated carbocycles. The van der Waals surface area contributed by atoms with E-state index in [2.05, 4.69) is 20.2 Å². The summed E-state index contributed by atoms with van der Waals surface area (Å²) in [5.41, 5.74) is 5.74. The van der Waals surface area contributed by atoms with Crippen LogP contribution in [0, 0.1) is 0 Å². The molecule has 1 saturated heterocycles. The lowest BCUT2D eigenvalue weighted by Gasteiger charge is -2.34. The Bertz CT molecular complexity index is 488. The van der Waals surface area contributed by atoms with Gasteiger partial charge >= 0.3 is 6.09 Å². The van der Waals surface area contributed by atoms with Crippen LogP contribution in [-0.4, -0.2) is 60.3 Å². The third-order valence-electron chi connectivity index (χ3n) is 3.22. The number of nitrogens with two attached hydrogens (primary N) is 1. The molecule has 0 radical (unpaired) electrons. The fraction of sp³-hybridized carbons (Fsp3) is 0.615. The van der Waals surface area contributed by atoms with Crippen molar-refractivity contribution in [2.24, 2.45) is 0 Å². The number of carbonyl (C=O) groups is 1. The Labute approximate surface area is 124 Å². The largest absolute Gasteiger partial charge is 0.450 e. The molecule has 2 heterocycles. The fourth-order valence-corrected chi connectivity index (χ4v) is 2.22. The Morgan fingerprint density at radius 1 is 1.33 bits per heavy atom. The second kappa shape index (κ2) is 6.96. The van der Waals surface area contributed by atoms with Gasteiger partial charge < -0.3 is 25.6 Å². The van der Waals surface area contributed by atoms with Crippen molar-refractivity contribution >= 4 is 23.7 Å². The standard InChI is InChI=1S/C13H22N6O2/c1-3-15-10-9-11(17-12(14)16-10)18-5-7-19(8-6-18)13(20)21-4-2/h9H,3-8H2,1-2H3,(H3,14,15,16,17). The first kappa shape index (κ1) is 15.1. The zero-order chi connectivity index (χ0) is 15.2. The summed E-state index contributed by atoms with van der Waals surface area (Å²) in [7, 11) is 0. The van der Waals surface area contributed by atoms with Gasteiger partial charge in [0.15, 0.2) is 0 Å². The zero-order valence-electron chi connectivity index (χ0n) is 12.5. The molecule has 1 aromatic rings. The average molecular weight is 294 g/mol. The number of rotatable bonds is 4. The lowest BCUT2D eigenvalue weighted by Crippen LogP contribution is -2.49. The van der Waals surface area contributed by atoms with Crippen LogP contribution in [0.3, 0.4) is 0 Å². The summed E-state index contributed by atoms with van der Waals surface area (Å²) >= 11 is 0. The molecule has 0 spiro atoms. The van der Waals surface area contributed by atoms with Gasteiger partial charge in [0, 0.05) is 38.8 Å². The van der Waals surface area contributed by atoms with E-state index in [0.29, 0.717) is 38.6 Å². The number of piperazine rings is 1. The molecule has 8 heteroatoms. The highest BCUT2D eigenvalue weighted by Crippen LogP contribution is 2.18.